The van der Waals surface area contributed by atoms with Crippen LogP contribution in [0.5, 0.6) is 0 Å². The Morgan fingerprint density at radius 2 is 2.00 bits per heavy atom. The molecule has 1 fully saturated rings. The van der Waals surface area contributed by atoms with E-state index in [0.717, 1.165) is 12.5 Å². The number of anilines is 1. The molecule has 0 aliphatic heterocycles. The van der Waals surface area contributed by atoms with E-state index >= 15 is 0 Å². The maximum absolute atomic E-state index is 14.1. The average Bonchev–Trinajstić information content (AvgIpc) is 3.09. The first-order valence-corrected chi connectivity index (χ1v) is 6.73. The van der Waals surface area contributed by atoms with Crippen molar-refractivity contribution in [1.29, 1.82) is 0 Å². The van der Waals surface area contributed by atoms with E-state index in [-0.39, 0.29) is 11.9 Å². The number of hydrogen-bond donors (Lipinski definition) is 1. The SMILES string of the molecule is CC(O)c1ccc(N(CC2CC2)C(C)C)c(F)c1. The second-order valence-corrected chi connectivity index (χ2v) is 5.58. The lowest BCUT2D eigenvalue weighted by molar-refractivity contribution is 0.199. The molecule has 0 saturated heterocycles. The molecule has 1 N–H and O–H groups in total. The number of aliphatic hydroxyl groups is 1. The monoisotopic (exact) mass is 251 g/mol. The fourth-order valence-corrected chi connectivity index (χ4v) is 2.18. The van der Waals surface area contributed by atoms with Gasteiger partial charge in [-0.25, -0.2) is 4.39 Å². The summed E-state index contributed by atoms with van der Waals surface area (Å²) in [6, 6.07) is 5.34. The second kappa shape index (κ2) is 5.27. The van der Waals surface area contributed by atoms with Crippen LogP contribution in [0.3, 0.4) is 0 Å². The van der Waals surface area contributed by atoms with Gasteiger partial charge in [-0.1, -0.05) is 6.07 Å². The lowest BCUT2D eigenvalue weighted by Crippen LogP contribution is -2.33. The lowest BCUT2D eigenvalue weighted by Gasteiger charge is -2.29. The topological polar surface area (TPSA) is 23.5 Å². The van der Waals surface area contributed by atoms with Crippen molar-refractivity contribution in [1.82, 2.24) is 0 Å². The van der Waals surface area contributed by atoms with Crippen LogP contribution in [0.15, 0.2) is 18.2 Å². The van der Waals surface area contributed by atoms with Crippen LogP contribution in [0, 0.1) is 11.7 Å². The van der Waals surface area contributed by atoms with Crippen LogP contribution in [0.25, 0.3) is 0 Å². The van der Waals surface area contributed by atoms with Gasteiger partial charge in [-0.05, 0) is 57.2 Å². The molecule has 2 nitrogen and oxygen atoms in total. The van der Waals surface area contributed by atoms with Gasteiger partial charge in [0.1, 0.15) is 5.82 Å². The molecule has 1 aromatic carbocycles. The minimum atomic E-state index is -0.621. The highest BCUT2D eigenvalue weighted by Crippen LogP contribution is 2.33. The van der Waals surface area contributed by atoms with E-state index < -0.39 is 6.10 Å². The van der Waals surface area contributed by atoms with Gasteiger partial charge < -0.3 is 10.0 Å². The van der Waals surface area contributed by atoms with E-state index in [0.29, 0.717) is 11.3 Å². The number of hydrogen-bond acceptors (Lipinski definition) is 2. The van der Waals surface area contributed by atoms with Crippen molar-refractivity contribution in [3.8, 4) is 0 Å². The Bertz CT molecular complexity index is 413. The van der Waals surface area contributed by atoms with Gasteiger partial charge in [0.05, 0.1) is 11.8 Å². The van der Waals surface area contributed by atoms with Crippen LogP contribution < -0.4 is 4.90 Å². The molecule has 1 saturated carbocycles. The Morgan fingerprint density at radius 1 is 1.33 bits per heavy atom. The fraction of sp³-hybridized carbons (Fsp3) is 0.600. The van der Waals surface area contributed by atoms with Crippen LogP contribution in [-0.4, -0.2) is 17.7 Å². The van der Waals surface area contributed by atoms with Gasteiger partial charge in [0.15, 0.2) is 0 Å². The molecule has 0 spiro atoms. The molecule has 1 aromatic rings. The summed E-state index contributed by atoms with van der Waals surface area (Å²) in [5, 5.41) is 9.46. The number of halogens is 1. The van der Waals surface area contributed by atoms with E-state index in [1.165, 1.54) is 18.9 Å². The molecule has 2 rings (SSSR count). The molecule has 0 bridgehead atoms. The van der Waals surface area contributed by atoms with Gasteiger partial charge in [0.25, 0.3) is 0 Å². The minimum Gasteiger partial charge on any atom is -0.389 e. The molecule has 1 aliphatic rings. The molecular weight excluding hydrogens is 229 g/mol. The first kappa shape index (κ1) is 13.3. The molecule has 0 aromatic heterocycles. The van der Waals surface area contributed by atoms with Crippen molar-refractivity contribution in [3.63, 3.8) is 0 Å². The zero-order chi connectivity index (χ0) is 13.3. The molecule has 100 valence electrons. The largest absolute Gasteiger partial charge is 0.389 e. The Kier molecular flexibility index (Phi) is 3.91. The van der Waals surface area contributed by atoms with Crippen molar-refractivity contribution in [3.05, 3.63) is 29.6 Å². The van der Waals surface area contributed by atoms with Gasteiger partial charge in [-0.2, -0.15) is 0 Å². The normalized spacial score (nSPS) is 17.0. The summed E-state index contributed by atoms with van der Waals surface area (Å²) in [5.41, 5.74) is 1.28. The van der Waals surface area contributed by atoms with Crippen LogP contribution in [0.2, 0.25) is 0 Å². The summed E-state index contributed by atoms with van der Waals surface area (Å²) in [6.45, 7) is 6.76. The maximum atomic E-state index is 14.1. The second-order valence-electron chi connectivity index (χ2n) is 5.58. The smallest absolute Gasteiger partial charge is 0.146 e. The molecule has 0 radical (unpaired) electrons. The van der Waals surface area contributed by atoms with E-state index in [1.54, 1.807) is 13.0 Å². The molecule has 1 aliphatic carbocycles. The lowest BCUT2D eigenvalue weighted by atomic mass is 10.1. The van der Waals surface area contributed by atoms with Crippen molar-refractivity contribution < 1.29 is 9.50 Å². The van der Waals surface area contributed by atoms with E-state index in [2.05, 4.69) is 18.7 Å². The first-order chi connectivity index (χ1) is 8.49. The fourth-order valence-electron chi connectivity index (χ4n) is 2.18. The molecular formula is C15H22FNO. The highest BCUT2D eigenvalue weighted by molar-refractivity contribution is 5.50. The standard InChI is InChI=1S/C15H22FNO/c1-10(2)17(9-12-4-5-12)15-7-6-13(11(3)18)8-14(15)16/h6-8,10-12,18H,4-5,9H2,1-3H3. The van der Waals surface area contributed by atoms with Gasteiger partial charge in [0.2, 0.25) is 0 Å². The number of rotatable bonds is 5. The van der Waals surface area contributed by atoms with E-state index in [1.807, 2.05) is 6.07 Å². The highest BCUT2D eigenvalue weighted by atomic mass is 19.1. The quantitative estimate of drug-likeness (QED) is 0.865. The summed E-state index contributed by atoms with van der Waals surface area (Å²) in [7, 11) is 0. The predicted octanol–water partition coefficient (Wildman–Crippen LogP) is 3.50. The van der Waals surface area contributed by atoms with Crippen LogP contribution in [-0.2, 0) is 0 Å². The Hall–Kier alpha value is -1.09. The number of aliphatic hydroxyl groups excluding tert-OH is 1. The maximum Gasteiger partial charge on any atom is 0.146 e. The third kappa shape index (κ3) is 3.02. The average molecular weight is 251 g/mol. The molecule has 0 heterocycles. The third-order valence-corrected chi connectivity index (χ3v) is 3.54. The predicted molar refractivity (Wildman–Crippen MR) is 72.2 cm³/mol. The molecule has 18 heavy (non-hydrogen) atoms. The molecule has 1 unspecified atom stereocenters. The van der Waals surface area contributed by atoms with E-state index in [9.17, 15) is 9.50 Å². The molecule has 1 atom stereocenters. The Balaban J connectivity index is 2.23. The van der Waals surface area contributed by atoms with Gasteiger partial charge in [-0.3, -0.25) is 0 Å². The Morgan fingerprint density at radius 3 is 2.44 bits per heavy atom. The summed E-state index contributed by atoms with van der Waals surface area (Å²) >= 11 is 0. The highest BCUT2D eigenvalue weighted by Gasteiger charge is 2.27. The summed E-state index contributed by atoms with van der Waals surface area (Å²) in [4.78, 5) is 2.12. The van der Waals surface area contributed by atoms with Crippen molar-refractivity contribution in [2.45, 2.75) is 45.8 Å². The van der Waals surface area contributed by atoms with Gasteiger partial charge in [-0.15, -0.1) is 0 Å². The van der Waals surface area contributed by atoms with Gasteiger partial charge in [0, 0.05) is 12.6 Å². The van der Waals surface area contributed by atoms with Crippen molar-refractivity contribution >= 4 is 5.69 Å². The first-order valence-electron chi connectivity index (χ1n) is 6.73. The zero-order valence-electron chi connectivity index (χ0n) is 11.4. The zero-order valence-corrected chi connectivity index (χ0v) is 11.4. The summed E-state index contributed by atoms with van der Waals surface area (Å²) in [6.07, 6.45) is 1.90. The van der Waals surface area contributed by atoms with Crippen molar-refractivity contribution in [2.75, 3.05) is 11.4 Å². The third-order valence-electron chi connectivity index (χ3n) is 3.54. The summed E-state index contributed by atoms with van der Waals surface area (Å²) in [5.74, 6) is 0.492. The van der Waals surface area contributed by atoms with Crippen LogP contribution >= 0.6 is 0 Å². The van der Waals surface area contributed by atoms with Crippen molar-refractivity contribution in [2.24, 2.45) is 5.92 Å². The van der Waals surface area contributed by atoms with Gasteiger partial charge >= 0.3 is 0 Å². The number of nitrogens with zero attached hydrogens (tertiary/aromatic N) is 1. The Labute approximate surface area is 108 Å². The van der Waals surface area contributed by atoms with Crippen LogP contribution in [0.4, 0.5) is 10.1 Å². The minimum absolute atomic E-state index is 0.234. The molecule has 0 amide bonds. The van der Waals surface area contributed by atoms with E-state index in [4.69, 9.17) is 0 Å². The van der Waals surface area contributed by atoms with Crippen LogP contribution in [0.1, 0.15) is 45.3 Å². The number of benzene rings is 1. The molecule has 3 heteroatoms. The summed E-state index contributed by atoms with van der Waals surface area (Å²) < 4.78 is 14.1.